The number of nitro groups is 1. The highest BCUT2D eigenvalue weighted by atomic mass is 35.5. The van der Waals surface area contributed by atoms with Gasteiger partial charge in [-0.25, -0.2) is 0 Å². The van der Waals surface area contributed by atoms with Gasteiger partial charge < -0.3 is 0 Å². The molecular weight excluding hydrogens is 182 g/mol. The highest BCUT2D eigenvalue weighted by Crippen LogP contribution is 2.28. The van der Waals surface area contributed by atoms with Crippen LogP contribution in [0.2, 0.25) is 0 Å². The molecule has 0 saturated carbocycles. The van der Waals surface area contributed by atoms with Crippen molar-refractivity contribution in [3.05, 3.63) is 39.0 Å². The van der Waals surface area contributed by atoms with Crippen molar-refractivity contribution >= 4 is 11.6 Å². The fourth-order valence-corrected chi connectivity index (χ4v) is 0.947. The maximum atomic E-state index is 10.4. The smallest absolute Gasteiger partial charge is 0.262 e. The third kappa shape index (κ3) is 1.43. The van der Waals surface area contributed by atoms with Crippen molar-refractivity contribution in [2.75, 3.05) is 0 Å². The van der Waals surface area contributed by atoms with Gasteiger partial charge in [0, 0.05) is 23.2 Å². The topological polar surface area (TPSA) is 71.3 Å². The Balaban J connectivity index is 2.85. The van der Waals surface area contributed by atoms with Gasteiger partial charge in [-0.05, 0) is 11.6 Å². The van der Waals surface area contributed by atoms with Crippen LogP contribution in [0.15, 0.2) is 23.9 Å². The summed E-state index contributed by atoms with van der Waals surface area (Å²) in [5.41, 5.74) is 0.285. The zero-order valence-corrected chi connectivity index (χ0v) is 6.73. The SMILES string of the molecule is N#[N+]C1=CCC(Cl)([N+](=O)[O-])C=C1. The monoisotopic (exact) mass is 186 g/mol. The van der Waals surface area contributed by atoms with Crippen LogP contribution < -0.4 is 0 Å². The molecule has 5 nitrogen and oxygen atoms in total. The molecule has 0 spiro atoms. The number of allylic oxidation sites excluding steroid dienone is 1. The Morgan fingerprint density at radius 1 is 1.83 bits per heavy atom. The Bertz CT molecular complexity index is 317. The molecule has 0 saturated heterocycles. The van der Waals surface area contributed by atoms with Crippen molar-refractivity contribution < 1.29 is 4.92 Å². The molecule has 0 radical (unpaired) electrons. The van der Waals surface area contributed by atoms with E-state index in [2.05, 4.69) is 4.98 Å². The first-order valence-electron chi connectivity index (χ1n) is 3.16. The van der Waals surface area contributed by atoms with E-state index in [1.807, 2.05) is 0 Å². The molecule has 1 aliphatic carbocycles. The van der Waals surface area contributed by atoms with Crippen LogP contribution in [0.5, 0.6) is 0 Å². The van der Waals surface area contributed by atoms with Crippen LogP contribution in [-0.4, -0.2) is 9.92 Å². The molecule has 0 aromatic carbocycles. The maximum absolute atomic E-state index is 10.4. The molecule has 0 N–H and O–H groups in total. The van der Waals surface area contributed by atoms with Crippen LogP contribution in [0, 0.1) is 15.5 Å². The first-order chi connectivity index (χ1) is 5.58. The Kier molecular flexibility index (Phi) is 2.11. The summed E-state index contributed by atoms with van der Waals surface area (Å²) < 4.78 is 0. The van der Waals surface area contributed by atoms with E-state index in [0.717, 1.165) is 0 Å². The van der Waals surface area contributed by atoms with Gasteiger partial charge in [-0.3, -0.25) is 10.1 Å². The molecule has 12 heavy (non-hydrogen) atoms. The van der Waals surface area contributed by atoms with Gasteiger partial charge in [0.2, 0.25) is 5.39 Å². The minimum absolute atomic E-state index is 0.0252. The van der Waals surface area contributed by atoms with Crippen molar-refractivity contribution in [3.8, 4) is 0 Å². The number of nitrogens with zero attached hydrogens (tertiary/aromatic N) is 3. The maximum Gasteiger partial charge on any atom is 0.381 e. The third-order valence-electron chi connectivity index (χ3n) is 1.53. The van der Waals surface area contributed by atoms with Crippen molar-refractivity contribution in [2.24, 2.45) is 0 Å². The Labute approximate surface area is 73.1 Å². The van der Waals surface area contributed by atoms with Gasteiger partial charge in [0.25, 0.3) is 0 Å². The summed E-state index contributed by atoms with van der Waals surface area (Å²) in [6.45, 7) is 0. The minimum Gasteiger partial charge on any atom is -0.262 e. The van der Waals surface area contributed by atoms with Crippen LogP contribution in [0.1, 0.15) is 6.42 Å². The molecule has 1 unspecified atom stereocenters. The Hall–Kier alpha value is -1.41. The molecule has 1 atom stereocenters. The number of hydrogen-bond acceptors (Lipinski definition) is 3. The molecule has 0 bridgehead atoms. The molecule has 0 aromatic heterocycles. The molecule has 62 valence electrons. The Morgan fingerprint density at radius 2 is 2.50 bits per heavy atom. The number of halogens is 1. The van der Waals surface area contributed by atoms with E-state index in [0.29, 0.717) is 0 Å². The fraction of sp³-hybridized carbons (Fsp3) is 0.333. The molecule has 0 aromatic rings. The van der Waals surface area contributed by atoms with Crippen LogP contribution in [-0.2, 0) is 0 Å². The van der Waals surface area contributed by atoms with Crippen molar-refractivity contribution in [1.29, 1.82) is 5.39 Å². The first kappa shape index (κ1) is 8.68. The van der Waals surface area contributed by atoms with Gasteiger partial charge in [0.05, 0.1) is 6.42 Å². The second-order valence-corrected chi connectivity index (χ2v) is 3.00. The molecular formula is C6H5ClN3O2+. The fourth-order valence-electron chi connectivity index (χ4n) is 0.806. The van der Waals surface area contributed by atoms with Crippen LogP contribution in [0.25, 0.3) is 4.98 Å². The van der Waals surface area contributed by atoms with Crippen molar-refractivity contribution in [2.45, 2.75) is 11.4 Å². The van der Waals surface area contributed by atoms with E-state index in [4.69, 9.17) is 17.0 Å². The standard InChI is InChI=1S/C6H5ClN3O2/c7-6(10(11)12)3-1-5(9-8)2-4-6/h1-3H,4H2/q+1. The highest BCUT2D eigenvalue weighted by molar-refractivity contribution is 6.24. The van der Waals surface area contributed by atoms with E-state index < -0.39 is 9.92 Å². The number of alkyl halides is 1. The van der Waals surface area contributed by atoms with E-state index in [-0.39, 0.29) is 12.1 Å². The minimum atomic E-state index is -1.58. The summed E-state index contributed by atoms with van der Waals surface area (Å²) in [5, 5.41) is 18.7. The molecule has 6 heteroatoms. The van der Waals surface area contributed by atoms with Gasteiger partial charge >= 0.3 is 10.7 Å². The summed E-state index contributed by atoms with van der Waals surface area (Å²) in [6, 6.07) is 0. The lowest BCUT2D eigenvalue weighted by Crippen LogP contribution is -2.29. The summed E-state index contributed by atoms with van der Waals surface area (Å²) in [4.78, 5) is 11.1. The summed E-state index contributed by atoms with van der Waals surface area (Å²) in [6.07, 6.45) is 3.93. The molecule has 0 amide bonds. The largest absolute Gasteiger partial charge is 0.381 e. The van der Waals surface area contributed by atoms with Gasteiger partial charge in [-0.1, -0.05) is 0 Å². The van der Waals surface area contributed by atoms with Crippen LogP contribution >= 0.6 is 11.6 Å². The summed E-state index contributed by atoms with van der Waals surface area (Å²) in [7, 11) is 0. The second kappa shape index (κ2) is 2.91. The predicted octanol–water partition coefficient (Wildman–Crippen LogP) is 1.90. The van der Waals surface area contributed by atoms with E-state index in [1.54, 1.807) is 0 Å². The molecule has 0 fully saturated rings. The Morgan fingerprint density at radius 3 is 2.83 bits per heavy atom. The van der Waals surface area contributed by atoms with E-state index in [1.165, 1.54) is 18.2 Å². The van der Waals surface area contributed by atoms with Crippen molar-refractivity contribution in [1.82, 2.24) is 0 Å². The molecule has 0 aliphatic heterocycles. The van der Waals surface area contributed by atoms with Gasteiger partial charge in [-0.2, -0.15) is 0 Å². The highest BCUT2D eigenvalue weighted by Gasteiger charge is 2.40. The van der Waals surface area contributed by atoms with Crippen LogP contribution in [0.4, 0.5) is 0 Å². The summed E-state index contributed by atoms with van der Waals surface area (Å²) in [5.74, 6) is 0. The first-order valence-corrected chi connectivity index (χ1v) is 3.54. The molecule has 1 aliphatic rings. The third-order valence-corrected chi connectivity index (χ3v) is 1.94. The molecule has 0 heterocycles. The van der Waals surface area contributed by atoms with E-state index >= 15 is 0 Å². The zero-order valence-electron chi connectivity index (χ0n) is 5.98. The van der Waals surface area contributed by atoms with Gasteiger partial charge in [-0.15, -0.1) is 0 Å². The normalized spacial score (nSPS) is 27.5. The number of rotatable bonds is 1. The van der Waals surface area contributed by atoms with Gasteiger partial charge in [0.15, 0.2) is 4.98 Å². The van der Waals surface area contributed by atoms with Crippen molar-refractivity contribution in [3.63, 3.8) is 0 Å². The average molecular weight is 187 g/mol. The number of diazo groups is 1. The average Bonchev–Trinajstić information content (AvgIpc) is 2.06. The quantitative estimate of drug-likeness (QED) is 0.206. The summed E-state index contributed by atoms with van der Waals surface area (Å²) >= 11 is 5.58. The lowest BCUT2D eigenvalue weighted by atomic mass is 10.1. The predicted molar refractivity (Wildman–Crippen MR) is 42.5 cm³/mol. The lowest BCUT2D eigenvalue weighted by Gasteiger charge is -2.12. The number of hydrogen-bond donors (Lipinski definition) is 0. The lowest BCUT2D eigenvalue weighted by molar-refractivity contribution is -0.527. The zero-order chi connectivity index (χ0) is 9.19. The molecule has 1 rings (SSSR count). The van der Waals surface area contributed by atoms with Gasteiger partial charge in [0.1, 0.15) is 0 Å². The second-order valence-electron chi connectivity index (χ2n) is 2.34. The van der Waals surface area contributed by atoms with Crippen LogP contribution in [0.3, 0.4) is 0 Å². The van der Waals surface area contributed by atoms with E-state index in [9.17, 15) is 10.1 Å².